The highest BCUT2D eigenvalue weighted by atomic mass is 16.6. The molecule has 0 atom stereocenters. The van der Waals surface area contributed by atoms with Crippen LogP contribution in [0.1, 0.15) is 11.1 Å². The van der Waals surface area contributed by atoms with E-state index in [1.807, 2.05) is 49.3 Å². The van der Waals surface area contributed by atoms with Crippen LogP contribution in [0.2, 0.25) is 0 Å². The van der Waals surface area contributed by atoms with Crippen molar-refractivity contribution in [2.75, 3.05) is 19.0 Å². The zero-order chi connectivity index (χ0) is 19.1. The first-order chi connectivity index (χ1) is 12.4. The second-order valence-electron chi connectivity index (χ2n) is 5.64. The van der Waals surface area contributed by atoms with Gasteiger partial charge >= 0.3 is 0 Å². The van der Waals surface area contributed by atoms with Gasteiger partial charge in [-0.15, -0.1) is 10.2 Å². The lowest BCUT2D eigenvalue weighted by atomic mass is 10.1. The first-order valence-electron chi connectivity index (χ1n) is 7.73. The third kappa shape index (κ3) is 5.17. The second-order valence-corrected chi connectivity index (χ2v) is 5.64. The molecule has 0 unspecified atom stereocenters. The summed E-state index contributed by atoms with van der Waals surface area (Å²) in [5.74, 6) is -0.198. The Hall–Kier alpha value is -3.68. The number of allylic oxidation sites excluding steroid dienone is 1. The zero-order valence-corrected chi connectivity index (χ0v) is 14.5. The smallest absolute Gasteiger partial charge is 0.270 e. The Morgan fingerprint density at radius 2 is 1.81 bits per heavy atom. The summed E-state index contributed by atoms with van der Waals surface area (Å²) in [6.07, 6.45) is 3.54. The van der Waals surface area contributed by atoms with Gasteiger partial charge in [0.15, 0.2) is 0 Å². The lowest BCUT2D eigenvalue weighted by Crippen LogP contribution is -2.22. The first kappa shape index (κ1) is 18.7. The van der Waals surface area contributed by atoms with E-state index in [2.05, 4.69) is 10.2 Å². The molecule has 2 aromatic carbocycles. The average Bonchev–Trinajstić information content (AvgIpc) is 2.62. The molecule has 0 heterocycles. The van der Waals surface area contributed by atoms with E-state index < -0.39 is 4.92 Å². The highest BCUT2D eigenvalue weighted by molar-refractivity contribution is 6.11. The van der Waals surface area contributed by atoms with Crippen molar-refractivity contribution in [3.05, 3.63) is 75.8 Å². The van der Waals surface area contributed by atoms with Gasteiger partial charge in [-0.25, -0.2) is 0 Å². The predicted octanol–water partition coefficient (Wildman–Crippen LogP) is 2.35. The van der Waals surface area contributed by atoms with Crippen molar-refractivity contribution >= 4 is 29.1 Å². The standard InChI is InChI=1S/C18H20N6O2/c1-23(2)15-9-6-13(7-10-15)8-11-17(21-22-18(19)20)14-4-3-5-16(12-14)24(25)26/h3-12H,1-2H3,(H4,19,20,22)/b11-8+,21-17-. The second kappa shape index (κ2) is 8.43. The molecule has 0 aromatic heterocycles. The van der Waals surface area contributed by atoms with Crippen LogP contribution in [0.15, 0.2) is 64.8 Å². The minimum absolute atomic E-state index is 0.0383. The van der Waals surface area contributed by atoms with Crippen LogP contribution >= 0.6 is 0 Å². The van der Waals surface area contributed by atoms with Gasteiger partial charge in [-0.05, 0) is 23.8 Å². The lowest BCUT2D eigenvalue weighted by Gasteiger charge is -2.11. The maximum absolute atomic E-state index is 11.0. The van der Waals surface area contributed by atoms with Crippen LogP contribution in [0, 0.1) is 10.1 Å². The van der Waals surface area contributed by atoms with Crippen molar-refractivity contribution in [1.82, 2.24) is 0 Å². The van der Waals surface area contributed by atoms with Gasteiger partial charge in [-0.3, -0.25) is 10.1 Å². The molecule has 0 radical (unpaired) electrons. The number of nitro groups is 1. The van der Waals surface area contributed by atoms with Crippen LogP contribution in [-0.4, -0.2) is 30.7 Å². The number of hydrogen-bond donors (Lipinski definition) is 2. The van der Waals surface area contributed by atoms with E-state index in [0.717, 1.165) is 11.3 Å². The third-order valence-corrected chi connectivity index (χ3v) is 3.47. The molecule has 134 valence electrons. The molecule has 4 N–H and O–H groups in total. The summed E-state index contributed by atoms with van der Waals surface area (Å²) in [7, 11) is 3.93. The fourth-order valence-corrected chi connectivity index (χ4v) is 2.14. The molecule has 8 heteroatoms. The zero-order valence-electron chi connectivity index (χ0n) is 14.5. The van der Waals surface area contributed by atoms with E-state index in [1.54, 1.807) is 18.2 Å². The fraction of sp³-hybridized carbons (Fsp3) is 0.111. The molecule has 0 fully saturated rings. The SMILES string of the molecule is CN(C)c1ccc(/C=C/C(=N/N=C(N)N)c2cccc([N+](=O)[O-])c2)cc1. The van der Waals surface area contributed by atoms with Crippen LogP contribution in [0.3, 0.4) is 0 Å². The maximum atomic E-state index is 11.0. The van der Waals surface area contributed by atoms with Crippen LogP contribution in [-0.2, 0) is 0 Å². The Labute approximate surface area is 151 Å². The summed E-state index contributed by atoms with van der Waals surface area (Å²) < 4.78 is 0. The first-order valence-corrected chi connectivity index (χ1v) is 7.73. The minimum atomic E-state index is -0.467. The van der Waals surface area contributed by atoms with Gasteiger partial charge in [-0.2, -0.15) is 0 Å². The molecule has 2 rings (SSSR count). The number of anilines is 1. The van der Waals surface area contributed by atoms with Crippen molar-refractivity contribution in [1.29, 1.82) is 0 Å². The van der Waals surface area contributed by atoms with E-state index >= 15 is 0 Å². The summed E-state index contributed by atoms with van der Waals surface area (Å²) in [5.41, 5.74) is 13.6. The van der Waals surface area contributed by atoms with Crippen LogP contribution in [0.25, 0.3) is 6.08 Å². The third-order valence-electron chi connectivity index (χ3n) is 3.47. The molecule has 0 aliphatic carbocycles. The van der Waals surface area contributed by atoms with Crippen molar-refractivity contribution in [2.24, 2.45) is 21.7 Å². The van der Waals surface area contributed by atoms with Crippen molar-refractivity contribution in [3.63, 3.8) is 0 Å². The number of non-ortho nitro benzene ring substituents is 1. The normalized spacial score (nSPS) is 11.4. The van der Waals surface area contributed by atoms with Gasteiger partial charge in [0.05, 0.1) is 10.6 Å². The molecular formula is C18H20N6O2. The number of hydrogen-bond acceptors (Lipinski definition) is 5. The molecule has 2 aromatic rings. The number of benzene rings is 2. The lowest BCUT2D eigenvalue weighted by molar-refractivity contribution is -0.384. The van der Waals surface area contributed by atoms with Crippen LogP contribution < -0.4 is 16.4 Å². The Morgan fingerprint density at radius 1 is 1.12 bits per heavy atom. The van der Waals surface area contributed by atoms with Crippen molar-refractivity contribution in [2.45, 2.75) is 0 Å². The highest BCUT2D eigenvalue weighted by Gasteiger charge is 2.08. The van der Waals surface area contributed by atoms with Gasteiger partial charge in [0, 0.05) is 37.5 Å². The monoisotopic (exact) mass is 352 g/mol. The Kier molecular flexibility index (Phi) is 6.05. The van der Waals surface area contributed by atoms with Crippen LogP contribution in [0.5, 0.6) is 0 Å². The molecule has 0 bridgehead atoms. The van der Waals surface area contributed by atoms with Gasteiger partial charge in [0.2, 0.25) is 5.96 Å². The molecule has 0 saturated heterocycles. The summed E-state index contributed by atoms with van der Waals surface area (Å²) in [6.45, 7) is 0. The summed E-state index contributed by atoms with van der Waals surface area (Å²) in [6, 6.07) is 14.0. The topological polar surface area (TPSA) is 123 Å². The molecule has 0 spiro atoms. The Balaban J connectivity index is 2.36. The summed E-state index contributed by atoms with van der Waals surface area (Å²) >= 11 is 0. The number of nitrogens with zero attached hydrogens (tertiary/aromatic N) is 4. The van der Waals surface area contributed by atoms with E-state index in [-0.39, 0.29) is 11.6 Å². The van der Waals surface area contributed by atoms with Gasteiger partial charge in [0.1, 0.15) is 0 Å². The highest BCUT2D eigenvalue weighted by Crippen LogP contribution is 2.16. The minimum Gasteiger partial charge on any atom is -0.378 e. The molecule has 0 aliphatic heterocycles. The van der Waals surface area contributed by atoms with Crippen LogP contribution in [0.4, 0.5) is 11.4 Å². The predicted molar refractivity (Wildman–Crippen MR) is 105 cm³/mol. The molecular weight excluding hydrogens is 332 g/mol. The van der Waals surface area contributed by atoms with E-state index in [1.165, 1.54) is 12.1 Å². The number of guanidine groups is 1. The molecule has 8 nitrogen and oxygen atoms in total. The number of nitrogens with two attached hydrogens (primary N) is 2. The molecule has 26 heavy (non-hydrogen) atoms. The maximum Gasteiger partial charge on any atom is 0.270 e. The largest absolute Gasteiger partial charge is 0.378 e. The van der Waals surface area contributed by atoms with E-state index in [4.69, 9.17) is 11.5 Å². The Bertz CT molecular complexity index is 866. The average molecular weight is 352 g/mol. The molecule has 0 saturated carbocycles. The summed E-state index contributed by atoms with van der Waals surface area (Å²) in [4.78, 5) is 12.5. The quantitative estimate of drug-likeness (QED) is 0.357. The number of rotatable bonds is 6. The number of nitro benzene ring substituents is 1. The Morgan fingerprint density at radius 3 is 2.38 bits per heavy atom. The van der Waals surface area contributed by atoms with E-state index in [0.29, 0.717) is 11.3 Å². The van der Waals surface area contributed by atoms with E-state index in [9.17, 15) is 10.1 Å². The van der Waals surface area contributed by atoms with Crippen molar-refractivity contribution in [3.8, 4) is 0 Å². The molecule has 0 amide bonds. The van der Waals surface area contributed by atoms with Gasteiger partial charge < -0.3 is 16.4 Å². The fourth-order valence-electron chi connectivity index (χ4n) is 2.14. The van der Waals surface area contributed by atoms with Crippen molar-refractivity contribution < 1.29 is 4.92 Å². The summed E-state index contributed by atoms with van der Waals surface area (Å²) in [5, 5.41) is 18.6. The molecule has 0 aliphatic rings. The van der Waals surface area contributed by atoms with Gasteiger partial charge in [0.25, 0.3) is 5.69 Å². The van der Waals surface area contributed by atoms with Gasteiger partial charge in [-0.1, -0.05) is 30.3 Å².